The van der Waals surface area contributed by atoms with Gasteiger partial charge in [-0.2, -0.15) is 13.2 Å². The number of nitrogens with zero attached hydrogens (tertiary/aromatic N) is 2. The third kappa shape index (κ3) is 4.71. The number of carbonyl (C=O) groups is 2. The first-order valence-electron chi connectivity index (χ1n) is 8.95. The van der Waals surface area contributed by atoms with Crippen LogP contribution in [0.2, 0.25) is 0 Å². The number of alkyl halides is 3. The molecule has 1 aromatic rings. The maximum Gasteiger partial charge on any atom is 0.471 e. The highest BCUT2D eigenvalue weighted by molar-refractivity contribution is 5.96. The molecule has 2 aliphatic rings. The van der Waals surface area contributed by atoms with E-state index in [0.29, 0.717) is 18.9 Å². The van der Waals surface area contributed by atoms with Crippen LogP contribution in [0.3, 0.4) is 0 Å². The third-order valence-electron chi connectivity index (χ3n) is 4.91. The number of carbonyl (C=O) groups excluding carboxylic acids is 2. The minimum absolute atomic E-state index is 0.0679. The van der Waals surface area contributed by atoms with Crippen LogP contribution in [0.15, 0.2) is 24.3 Å². The van der Waals surface area contributed by atoms with Gasteiger partial charge in [-0.15, -0.1) is 0 Å². The van der Waals surface area contributed by atoms with Crippen LogP contribution < -0.4 is 10.2 Å². The molecule has 0 saturated carbocycles. The SMILES string of the molecule is O=C(Nc1ccccc1N1CCOCC1)C1CCN(C(=O)C(F)(F)F)CC1. The summed E-state index contributed by atoms with van der Waals surface area (Å²) in [7, 11) is 0. The molecule has 27 heavy (non-hydrogen) atoms. The minimum Gasteiger partial charge on any atom is -0.378 e. The molecule has 0 unspecified atom stereocenters. The van der Waals surface area contributed by atoms with E-state index in [1.54, 1.807) is 0 Å². The van der Waals surface area contributed by atoms with Gasteiger partial charge in [0.1, 0.15) is 0 Å². The maximum absolute atomic E-state index is 12.6. The molecule has 0 spiro atoms. The molecule has 2 saturated heterocycles. The first-order chi connectivity index (χ1) is 12.9. The number of nitrogens with one attached hydrogen (secondary N) is 1. The van der Waals surface area contributed by atoms with Gasteiger partial charge in [0.25, 0.3) is 0 Å². The van der Waals surface area contributed by atoms with Crippen LogP contribution in [-0.2, 0) is 14.3 Å². The summed E-state index contributed by atoms with van der Waals surface area (Å²) in [5.74, 6) is -2.48. The molecule has 1 aromatic carbocycles. The van der Waals surface area contributed by atoms with Crippen molar-refractivity contribution < 1.29 is 27.5 Å². The Kier molecular flexibility index (Phi) is 5.88. The Labute approximate surface area is 155 Å². The van der Waals surface area contributed by atoms with E-state index in [1.165, 1.54) is 0 Å². The normalized spacial score (nSPS) is 19.1. The van der Waals surface area contributed by atoms with Gasteiger partial charge in [0.2, 0.25) is 5.91 Å². The Bertz CT molecular complexity index is 682. The summed E-state index contributed by atoms with van der Waals surface area (Å²) in [5, 5.41) is 2.90. The Balaban J connectivity index is 1.60. The smallest absolute Gasteiger partial charge is 0.378 e. The molecule has 0 atom stereocenters. The van der Waals surface area contributed by atoms with Gasteiger partial charge < -0.3 is 19.9 Å². The van der Waals surface area contributed by atoms with Gasteiger partial charge in [0.05, 0.1) is 24.6 Å². The summed E-state index contributed by atoms with van der Waals surface area (Å²) in [6.45, 7) is 2.56. The average molecular weight is 385 g/mol. The predicted molar refractivity (Wildman–Crippen MR) is 93.5 cm³/mol. The molecule has 3 rings (SSSR count). The fraction of sp³-hybridized carbons (Fsp3) is 0.556. The third-order valence-corrected chi connectivity index (χ3v) is 4.91. The highest BCUT2D eigenvalue weighted by Gasteiger charge is 2.43. The quantitative estimate of drug-likeness (QED) is 0.867. The molecule has 2 fully saturated rings. The lowest BCUT2D eigenvalue weighted by Gasteiger charge is -2.33. The number of hydrogen-bond donors (Lipinski definition) is 1. The number of morpholine rings is 1. The van der Waals surface area contributed by atoms with Crippen LogP contribution in [0.5, 0.6) is 0 Å². The number of amides is 2. The van der Waals surface area contributed by atoms with Gasteiger partial charge in [0, 0.05) is 32.1 Å². The summed E-state index contributed by atoms with van der Waals surface area (Å²) < 4.78 is 42.9. The predicted octanol–water partition coefficient (Wildman–Crippen LogP) is 2.26. The lowest BCUT2D eigenvalue weighted by Crippen LogP contribution is -2.46. The Hall–Kier alpha value is -2.29. The fourth-order valence-corrected chi connectivity index (χ4v) is 3.42. The Morgan fingerprint density at radius 2 is 1.67 bits per heavy atom. The first-order valence-corrected chi connectivity index (χ1v) is 8.95. The van der Waals surface area contributed by atoms with Gasteiger partial charge in [-0.3, -0.25) is 9.59 Å². The summed E-state index contributed by atoms with van der Waals surface area (Å²) in [5.41, 5.74) is 1.58. The number of anilines is 2. The molecule has 0 radical (unpaired) electrons. The molecule has 2 amide bonds. The number of para-hydroxylation sites is 2. The van der Waals surface area contributed by atoms with Gasteiger partial charge in [-0.1, -0.05) is 12.1 Å². The highest BCUT2D eigenvalue weighted by atomic mass is 19.4. The van der Waals surface area contributed by atoms with Crippen LogP contribution in [0.25, 0.3) is 0 Å². The molecular formula is C18H22F3N3O3. The monoisotopic (exact) mass is 385 g/mol. The van der Waals surface area contributed by atoms with E-state index in [9.17, 15) is 22.8 Å². The van der Waals surface area contributed by atoms with Crippen LogP contribution >= 0.6 is 0 Å². The van der Waals surface area contributed by atoms with Crippen molar-refractivity contribution in [3.8, 4) is 0 Å². The van der Waals surface area contributed by atoms with Crippen LogP contribution in [0.1, 0.15) is 12.8 Å². The van der Waals surface area contributed by atoms with Gasteiger partial charge in [-0.25, -0.2) is 0 Å². The number of rotatable bonds is 3. The van der Waals surface area contributed by atoms with Crippen LogP contribution in [0.4, 0.5) is 24.5 Å². The van der Waals surface area contributed by atoms with E-state index in [1.807, 2.05) is 24.3 Å². The molecule has 2 aliphatic heterocycles. The number of benzene rings is 1. The molecule has 0 bridgehead atoms. The van der Waals surface area contributed by atoms with Crippen molar-refractivity contribution in [3.05, 3.63) is 24.3 Å². The number of halogens is 3. The lowest BCUT2D eigenvalue weighted by molar-refractivity contribution is -0.186. The van der Waals surface area contributed by atoms with E-state index < -0.39 is 18.0 Å². The molecule has 9 heteroatoms. The molecule has 0 aromatic heterocycles. The maximum atomic E-state index is 12.6. The molecule has 0 aliphatic carbocycles. The number of piperidine rings is 1. The zero-order valence-electron chi connectivity index (χ0n) is 14.8. The summed E-state index contributed by atoms with van der Waals surface area (Å²) >= 11 is 0. The zero-order valence-corrected chi connectivity index (χ0v) is 14.8. The first kappa shape index (κ1) is 19.5. The largest absolute Gasteiger partial charge is 0.471 e. The molecule has 148 valence electrons. The van der Waals surface area contributed by atoms with Crippen molar-refractivity contribution >= 4 is 23.2 Å². The lowest BCUT2D eigenvalue weighted by atomic mass is 9.95. The van der Waals surface area contributed by atoms with E-state index >= 15 is 0 Å². The highest BCUT2D eigenvalue weighted by Crippen LogP contribution is 2.29. The molecule has 1 N–H and O–H groups in total. The Morgan fingerprint density at radius 3 is 2.30 bits per heavy atom. The summed E-state index contributed by atoms with van der Waals surface area (Å²) in [4.78, 5) is 26.8. The second kappa shape index (κ2) is 8.16. The number of likely N-dealkylation sites (tertiary alicyclic amines) is 1. The topological polar surface area (TPSA) is 61.9 Å². The second-order valence-corrected chi connectivity index (χ2v) is 6.67. The van der Waals surface area contributed by atoms with Crippen LogP contribution in [-0.4, -0.2) is 62.3 Å². The van der Waals surface area contributed by atoms with E-state index in [4.69, 9.17) is 4.74 Å². The van der Waals surface area contributed by atoms with Crippen molar-refractivity contribution in [1.29, 1.82) is 0 Å². The fourth-order valence-electron chi connectivity index (χ4n) is 3.42. The standard InChI is InChI=1S/C18H22F3N3O3/c19-18(20,21)17(26)24-7-5-13(6-8-24)16(25)22-14-3-1-2-4-15(14)23-9-11-27-12-10-23/h1-4,13H,5-12H2,(H,22,25). The van der Waals surface area contributed by atoms with E-state index in [0.717, 1.165) is 23.7 Å². The van der Waals surface area contributed by atoms with Crippen LogP contribution in [0, 0.1) is 5.92 Å². The van der Waals surface area contributed by atoms with Crippen molar-refractivity contribution in [1.82, 2.24) is 4.90 Å². The minimum atomic E-state index is -4.87. The van der Waals surface area contributed by atoms with Crippen molar-refractivity contribution in [2.24, 2.45) is 5.92 Å². The summed E-state index contributed by atoms with van der Waals surface area (Å²) in [6.07, 6.45) is -4.44. The molecular weight excluding hydrogens is 363 g/mol. The van der Waals surface area contributed by atoms with Gasteiger partial charge in [-0.05, 0) is 25.0 Å². The molecule has 6 nitrogen and oxygen atoms in total. The number of ether oxygens (including phenoxy) is 1. The van der Waals surface area contributed by atoms with E-state index in [2.05, 4.69) is 10.2 Å². The second-order valence-electron chi connectivity index (χ2n) is 6.67. The van der Waals surface area contributed by atoms with Gasteiger partial charge >= 0.3 is 12.1 Å². The zero-order chi connectivity index (χ0) is 19.4. The average Bonchev–Trinajstić information content (AvgIpc) is 2.68. The van der Waals surface area contributed by atoms with E-state index in [-0.39, 0.29) is 31.8 Å². The van der Waals surface area contributed by atoms with Gasteiger partial charge in [0.15, 0.2) is 0 Å². The van der Waals surface area contributed by atoms with Crippen molar-refractivity contribution in [2.45, 2.75) is 19.0 Å². The summed E-state index contributed by atoms with van der Waals surface area (Å²) in [6, 6.07) is 7.45. The van der Waals surface area contributed by atoms with Crippen molar-refractivity contribution in [2.75, 3.05) is 49.6 Å². The van der Waals surface area contributed by atoms with Crippen molar-refractivity contribution in [3.63, 3.8) is 0 Å². The number of hydrogen-bond acceptors (Lipinski definition) is 4. The molecule has 2 heterocycles. The Morgan fingerprint density at radius 1 is 1.04 bits per heavy atom.